The molecule has 1 N–H and O–H groups in total. The lowest BCUT2D eigenvalue weighted by molar-refractivity contribution is -0.121. The quantitative estimate of drug-likeness (QED) is 0.439. The van der Waals surface area contributed by atoms with Crippen molar-refractivity contribution in [2.45, 2.75) is 33.2 Å². The van der Waals surface area contributed by atoms with Gasteiger partial charge in [-0.25, -0.2) is 4.68 Å². The molecule has 0 atom stereocenters. The van der Waals surface area contributed by atoms with Gasteiger partial charge < -0.3 is 5.32 Å². The van der Waals surface area contributed by atoms with E-state index in [1.807, 2.05) is 91.3 Å². The van der Waals surface area contributed by atoms with Crippen molar-refractivity contribution in [3.05, 3.63) is 95.3 Å². The van der Waals surface area contributed by atoms with Gasteiger partial charge in [0.25, 0.3) is 0 Å². The van der Waals surface area contributed by atoms with E-state index >= 15 is 0 Å². The molecule has 0 radical (unpaired) electrons. The molecule has 5 heteroatoms. The fourth-order valence-electron chi connectivity index (χ4n) is 3.76. The summed E-state index contributed by atoms with van der Waals surface area (Å²) in [5.41, 5.74) is 4.51. The number of carbonyl (C=O) groups excluding carboxylic acids is 2. The van der Waals surface area contributed by atoms with Crippen LogP contribution in [0, 0.1) is 13.8 Å². The lowest BCUT2D eigenvalue weighted by Crippen LogP contribution is -2.24. The summed E-state index contributed by atoms with van der Waals surface area (Å²) in [5, 5.41) is 9.67. The van der Waals surface area contributed by atoms with Gasteiger partial charge in [-0.1, -0.05) is 54.6 Å². The molecule has 0 aliphatic heterocycles. The monoisotopic (exact) mass is 411 g/mol. The normalized spacial score (nSPS) is 10.9. The van der Waals surface area contributed by atoms with Crippen molar-refractivity contribution in [1.82, 2.24) is 15.1 Å². The summed E-state index contributed by atoms with van der Waals surface area (Å²) in [6.45, 7) is 4.34. The van der Waals surface area contributed by atoms with Crippen molar-refractivity contribution in [3.8, 4) is 5.69 Å². The highest BCUT2D eigenvalue weighted by Gasteiger charge is 2.15. The maximum Gasteiger partial charge on any atom is 0.220 e. The summed E-state index contributed by atoms with van der Waals surface area (Å²) < 4.78 is 1.89. The van der Waals surface area contributed by atoms with E-state index in [0.29, 0.717) is 12.1 Å². The minimum absolute atomic E-state index is 0.0230. The standard InChI is InChI=1S/C26H25N3O2/c1-18-24(19(2)29(28-18)23-10-4-3-5-11-23)17-27-26(31)15-14-25(30)22-13-12-20-8-6-7-9-21(20)16-22/h3-13,16H,14-15,17H2,1-2H3,(H,27,31). The Balaban J connectivity index is 1.35. The maximum atomic E-state index is 12.5. The highest BCUT2D eigenvalue weighted by Crippen LogP contribution is 2.19. The average molecular weight is 412 g/mol. The lowest BCUT2D eigenvalue weighted by Gasteiger charge is -2.07. The van der Waals surface area contributed by atoms with Gasteiger partial charge in [-0.2, -0.15) is 5.10 Å². The van der Waals surface area contributed by atoms with Gasteiger partial charge in [0.05, 0.1) is 11.4 Å². The Morgan fingerprint density at radius 1 is 0.871 bits per heavy atom. The molecule has 0 saturated carbocycles. The van der Waals surface area contributed by atoms with Crippen molar-refractivity contribution < 1.29 is 9.59 Å². The van der Waals surface area contributed by atoms with Crippen LogP contribution in [0.15, 0.2) is 72.8 Å². The predicted octanol–water partition coefficient (Wildman–Crippen LogP) is 4.92. The summed E-state index contributed by atoms with van der Waals surface area (Å²) in [4.78, 5) is 24.9. The largest absolute Gasteiger partial charge is 0.352 e. The van der Waals surface area contributed by atoms with Gasteiger partial charge in [0.15, 0.2) is 5.78 Å². The van der Waals surface area contributed by atoms with E-state index in [-0.39, 0.29) is 24.5 Å². The van der Waals surface area contributed by atoms with Crippen molar-refractivity contribution >= 4 is 22.5 Å². The first-order valence-corrected chi connectivity index (χ1v) is 10.4. The number of ketones is 1. The second kappa shape index (κ2) is 8.96. The molecule has 0 spiro atoms. The average Bonchev–Trinajstić information content (AvgIpc) is 3.09. The van der Waals surface area contributed by atoms with Crippen LogP contribution in [0.5, 0.6) is 0 Å². The van der Waals surface area contributed by atoms with Gasteiger partial charge in [0, 0.05) is 36.2 Å². The highest BCUT2D eigenvalue weighted by molar-refractivity contribution is 6.01. The zero-order valence-corrected chi connectivity index (χ0v) is 17.8. The molecule has 1 heterocycles. The molecule has 1 amide bonds. The Hall–Kier alpha value is -3.73. The predicted molar refractivity (Wildman–Crippen MR) is 122 cm³/mol. The summed E-state index contributed by atoms with van der Waals surface area (Å²) in [6.07, 6.45) is 0.349. The van der Waals surface area contributed by atoms with Crippen LogP contribution in [0.4, 0.5) is 0 Å². The molecule has 3 aromatic carbocycles. The zero-order valence-electron chi connectivity index (χ0n) is 17.8. The number of carbonyl (C=O) groups is 2. The first-order chi connectivity index (χ1) is 15.0. The molecule has 0 bridgehead atoms. The fourth-order valence-corrected chi connectivity index (χ4v) is 3.76. The van der Waals surface area contributed by atoms with Gasteiger partial charge >= 0.3 is 0 Å². The van der Waals surface area contributed by atoms with Gasteiger partial charge in [-0.3, -0.25) is 9.59 Å². The van der Waals surface area contributed by atoms with E-state index in [0.717, 1.165) is 33.4 Å². The molecule has 5 nitrogen and oxygen atoms in total. The third-order valence-electron chi connectivity index (χ3n) is 5.55. The number of para-hydroxylation sites is 1. The molecule has 0 saturated heterocycles. The van der Waals surface area contributed by atoms with Crippen molar-refractivity contribution in [2.75, 3.05) is 0 Å². The topological polar surface area (TPSA) is 64.0 Å². The van der Waals surface area contributed by atoms with Gasteiger partial charge in [-0.05, 0) is 42.8 Å². The number of nitrogens with zero attached hydrogens (tertiary/aromatic N) is 2. The van der Waals surface area contributed by atoms with Crippen LogP contribution in [0.2, 0.25) is 0 Å². The van der Waals surface area contributed by atoms with Gasteiger partial charge in [0.1, 0.15) is 0 Å². The number of benzene rings is 3. The highest BCUT2D eigenvalue weighted by atomic mass is 16.2. The van der Waals surface area contributed by atoms with Crippen molar-refractivity contribution in [2.24, 2.45) is 0 Å². The minimum Gasteiger partial charge on any atom is -0.352 e. The number of fused-ring (bicyclic) bond motifs is 1. The maximum absolute atomic E-state index is 12.5. The lowest BCUT2D eigenvalue weighted by atomic mass is 10.0. The molecule has 0 aliphatic carbocycles. The van der Waals surface area contributed by atoms with E-state index in [1.54, 1.807) is 0 Å². The number of hydrogen-bond donors (Lipinski definition) is 1. The minimum atomic E-state index is -0.139. The molecule has 4 aromatic rings. The number of aromatic nitrogens is 2. The molecule has 31 heavy (non-hydrogen) atoms. The molecular formula is C26H25N3O2. The van der Waals surface area contributed by atoms with E-state index in [1.165, 1.54) is 0 Å². The van der Waals surface area contributed by atoms with Crippen LogP contribution in [-0.2, 0) is 11.3 Å². The van der Waals surface area contributed by atoms with Crippen LogP contribution < -0.4 is 5.32 Å². The molecule has 0 fully saturated rings. The smallest absolute Gasteiger partial charge is 0.220 e. The molecule has 1 aromatic heterocycles. The number of rotatable bonds is 7. The SMILES string of the molecule is Cc1nn(-c2ccccc2)c(C)c1CNC(=O)CCC(=O)c1ccc2ccccc2c1. The molecule has 0 unspecified atom stereocenters. The first-order valence-electron chi connectivity index (χ1n) is 10.4. The van der Waals surface area contributed by atoms with Crippen LogP contribution >= 0.6 is 0 Å². The third kappa shape index (κ3) is 4.56. The van der Waals surface area contributed by atoms with Crippen molar-refractivity contribution in [1.29, 1.82) is 0 Å². The summed E-state index contributed by atoms with van der Waals surface area (Å²) in [5.74, 6) is -0.162. The molecular weight excluding hydrogens is 386 g/mol. The third-order valence-corrected chi connectivity index (χ3v) is 5.55. The van der Waals surface area contributed by atoms with Gasteiger partial charge in [-0.15, -0.1) is 0 Å². The van der Waals surface area contributed by atoms with E-state index in [4.69, 9.17) is 0 Å². The van der Waals surface area contributed by atoms with E-state index < -0.39 is 0 Å². The van der Waals surface area contributed by atoms with Crippen LogP contribution in [0.1, 0.15) is 40.2 Å². The molecule has 156 valence electrons. The van der Waals surface area contributed by atoms with E-state index in [9.17, 15) is 9.59 Å². The van der Waals surface area contributed by atoms with Crippen LogP contribution in [0.3, 0.4) is 0 Å². The second-order valence-electron chi connectivity index (χ2n) is 7.66. The Kier molecular flexibility index (Phi) is 5.94. The Labute approximate surface area is 181 Å². The Bertz CT molecular complexity index is 1240. The number of Topliss-reactive ketones (excluding diaryl/α,β-unsaturated/α-hetero) is 1. The van der Waals surface area contributed by atoms with E-state index in [2.05, 4.69) is 10.4 Å². The van der Waals surface area contributed by atoms with Crippen LogP contribution in [0.25, 0.3) is 16.5 Å². The number of nitrogens with one attached hydrogen (secondary N) is 1. The summed E-state index contributed by atoms with van der Waals surface area (Å²) >= 11 is 0. The zero-order chi connectivity index (χ0) is 21.8. The van der Waals surface area contributed by atoms with Crippen LogP contribution in [-0.4, -0.2) is 21.5 Å². The fraction of sp³-hybridized carbons (Fsp3) is 0.192. The number of hydrogen-bond acceptors (Lipinski definition) is 3. The summed E-state index contributed by atoms with van der Waals surface area (Å²) in [7, 11) is 0. The molecule has 4 rings (SSSR count). The summed E-state index contributed by atoms with van der Waals surface area (Å²) in [6, 6.07) is 23.5. The van der Waals surface area contributed by atoms with Crippen molar-refractivity contribution in [3.63, 3.8) is 0 Å². The number of aryl methyl sites for hydroxylation is 1. The second-order valence-corrected chi connectivity index (χ2v) is 7.66. The Morgan fingerprint density at radius 2 is 1.58 bits per heavy atom. The first kappa shape index (κ1) is 20.5. The number of amides is 1. The Morgan fingerprint density at radius 3 is 2.35 bits per heavy atom. The molecule has 0 aliphatic rings. The van der Waals surface area contributed by atoms with Gasteiger partial charge in [0.2, 0.25) is 5.91 Å².